The molecule has 1 aliphatic rings. The van der Waals surface area contributed by atoms with Gasteiger partial charge in [0.25, 0.3) is 0 Å². The van der Waals surface area contributed by atoms with Gasteiger partial charge >= 0.3 is 0 Å². The zero-order chi connectivity index (χ0) is 16.4. The fourth-order valence-corrected chi connectivity index (χ4v) is 3.73. The molecule has 1 aliphatic heterocycles. The SMILES string of the molecule is CN=C(NCc1ncccc1F)N1CCS(=O)(=O)C(C)(C)C1.I. The van der Waals surface area contributed by atoms with E-state index in [2.05, 4.69) is 15.3 Å². The summed E-state index contributed by atoms with van der Waals surface area (Å²) < 4.78 is 36.8. The number of hydrogen-bond acceptors (Lipinski definition) is 4. The van der Waals surface area contributed by atoms with Crippen LogP contribution in [0.15, 0.2) is 23.3 Å². The lowest BCUT2D eigenvalue weighted by molar-refractivity contribution is 0.353. The Morgan fingerprint density at radius 3 is 2.78 bits per heavy atom. The van der Waals surface area contributed by atoms with Crippen LogP contribution in [0.4, 0.5) is 4.39 Å². The molecule has 1 saturated heterocycles. The highest BCUT2D eigenvalue weighted by Crippen LogP contribution is 2.23. The minimum Gasteiger partial charge on any atom is -0.350 e. The second kappa shape index (κ2) is 7.73. The van der Waals surface area contributed by atoms with Gasteiger partial charge in [0.05, 0.1) is 22.7 Å². The summed E-state index contributed by atoms with van der Waals surface area (Å²) in [6.07, 6.45) is 1.53. The van der Waals surface area contributed by atoms with Gasteiger partial charge in [0.15, 0.2) is 15.8 Å². The fraction of sp³-hybridized carbons (Fsp3) is 0.571. The summed E-state index contributed by atoms with van der Waals surface area (Å²) in [6.45, 7) is 4.33. The summed E-state index contributed by atoms with van der Waals surface area (Å²) in [7, 11) is -1.49. The molecular formula is C14H22FIN4O2S. The number of hydrogen-bond donors (Lipinski definition) is 1. The molecule has 0 aliphatic carbocycles. The van der Waals surface area contributed by atoms with E-state index in [1.54, 1.807) is 20.9 Å². The molecule has 0 spiro atoms. The Hall–Kier alpha value is -0.970. The third-order valence-electron chi connectivity index (χ3n) is 3.80. The Kier molecular flexibility index (Phi) is 6.75. The molecule has 2 rings (SSSR count). The van der Waals surface area contributed by atoms with Crippen molar-refractivity contribution in [2.75, 3.05) is 25.9 Å². The summed E-state index contributed by atoms with van der Waals surface area (Å²) in [5, 5.41) is 3.04. The van der Waals surface area contributed by atoms with E-state index in [4.69, 9.17) is 0 Å². The molecule has 1 aromatic heterocycles. The third kappa shape index (κ3) is 4.52. The van der Waals surface area contributed by atoms with Gasteiger partial charge in [0, 0.05) is 26.3 Å². The minimum absolute atomic E-state index is 0. The molecule has 0 atom stereocenters. The first kappa shape index (κ1) is 20.1. The van der Waals surface area contributed by atoms with Crippen LogP contribution in [0.2, 0.25) is 0 Å². The molecular weight excluding hydrogens is 434 g/mol. The number of nitrogens with one attached hydrogen (secondary N) is 1. The second-order valence-corrected chi connectivity index (χ2v) is 8.58. The van der Waals surface area contributed by atoms with Crippen molar-refractivity contribution in [1.29, 1.82) is 0 Å². The topological polar surface area (TPSA) is 74.7 Å². The first-order valence-electron chi connectivity index (χ1n) is 7.04. The monoisotopic (exact) mass is 456 g/mol. The van der Waals surface area contributed by atoms with Gasteiger partial charge in [-0.1, -0.05) is 0 Å². The van der Waals surface area contributed by atoms with Crippen LogP contribution in [0.5, 0.6) is 0 Å². The van der Waals surface area contributed by atoms with Gasteiger partial charge in [0.2, 0.25) is 0 Å². The molecule has 6 nitrogen and oxygen atoms in total. The standard InChI is InChI=1S/C14H21FN4O2S.HI/c1-14(2)10-19(7-8-22(14,20)21)13(16-3)18-9-12-11(15)5-4-6-17-12;/h4-6H,7-10H2,1-3H3,(H,16,18);1H. The Bertz CT molecular complexity index is 679. The largest absolute Gasteiger partial charge is 0.350 e. The van der Waals surface area contributed by atoms with E-state index in [1.807, 2.05) is 4.90 Å². The quantitative estimate of drug-likeness (QED) is 0.414. The summed E-state index contributed by atoms with van der Waals surface area (Å²) in [5.41, 5.74) is 0.299. The van der Waals surface area contributed by atoms with Crippen LogP contribution < -0.4 is 5.32 Å². The van der Waals surface area contributed by atoms with Crippen LogP contribution in [-0.4, -0.2) is 54.9 Å². The Labute approximate surface area is 153 Å². The van der Waals surface area contributed by atoms with E-state index in [0.29, 0.717) is 24.7 Å². The number of sulfone groups is 1. The van der Waals surface area contributed by atoms with Crippen LogP contribution in [0.3, 0.4) is 0 Å². The molecule has 23 heavy (non-hydrogen) atoms. The van der Waals surface area contributed by atoms with Crippen LogP contribution >= 0.6 is 24.0 Å². The average Bonchev–Trinajstić information content (AvgIpc) is 2.45. The Balaban J connectivity index is 0.00000264. The van der Waals surface area contributed by atoms with E-state index < -0.39 is 14.6 Å². The van der Waals surface area contributed by atoms with Crippen molar-refractivity contribution in [1.82, 2.24) is 15.2 Å². The first-order valence-corrected chi connectivity index (χ1v) is 8.69. The highest BCUT2D eigenvalue weighted by Gasteiger charge is 2.40. The maximum absolute atomic E-state index is 13.6. The van der Waals surface area contributed by atoms with Gasteiger partial charge in [-0.25, -0.2) is 12.8 Å². The molecule has 2 heterocycles. The molecule has 1 N–H and O–H groups in total. The van der Waals surface area contributed by atoms with Gasteiger partial charge in [-0.15, -0.1) is 24.0 Å². The molecule has 0 bridgehead atoms. The normalized spacial score (nSPS) is 19.8. The van der Waals surface area contributed by atoms with E-state index in [-0.39, 0.29) is 42.1 Å². The highest BCUT2D eigenvalue weighted by molar-refractivity contribution is 14.0. The summed E-state index contributed by atoms with van der Waals surface area (Å²) >= 11 is 0. The molecule has 0 unspecified atom stereocenters. The Morgan fingerprint density at radius 2 is 2.22 bits per heavy atom. The van der Waals surface area contributed by atoms with Crippen LogP contribution in [0.1, 0.15) is 19.5 Å². The molecule has 0 amide bonds. The number of pyridine rings is 1. The second-order valence-electron chi connectivity index (χ2n) is 5.83. The zero-order valence-corrected chi connectivity index (χ0v) is 16.6. The van der Waals surface area contributed by atoms with Gasteiger partial charge in [-0.05, 0) is 26.0 Å². The number of aliphatic imine (C=N–C) groups is 1. The van der Waals surface area contributed by atoms with Gasteiger partial charge in [-0.2, -0.15) is 0 Å². The lowest BCUT2D eigenvalue weighted by Crippen LogP contribution is -2.57. The molecule has 0 aromatic carbocycles. The summed E-state index contributed by atoms with van der Waals surface area (Å²) in [4.78, 5) is 10.0. The zero-order valence-electron chi connectivity index (χ0n) is 13.4. The lowest BCUT2D eigenvalue weighted by atomic mass is 10.2. The Morgan fingerprint density at radius 1 is 1.52 bits per heavy atom. The van der Waals surface area contributed by atoms with Crippen molar-refractivity contribution in [3.05, 3.63) is 29.8 Å². The predicted molar refractivity (Wildman–Crippen MR) is 99.2 cm³/mol. The highest BCUT2D eigenvalue weighted by atomic mass is 127. The van der Waals surface area contributed by atoms with Crippen molar-refractivity contribution < 1.29 is 12.8 Å². The van der Waals surface area contributed by atoms with Crippen molar-refractivity contribution in [2.24, 2.45) is 4.99 Å². The van der Waals surface area contributed by atoms with Gasteiger partial charge in [-0.3, -0.25) is 9.98 Å². The number of guanidine groups is 1. The number of nitrogens with zero attached hydrogens (tertiary/aromatic N) is 3. The van der Waals surface area contributed by atoms with Crippen molar-refractivity contribution in [3.8, 4) is 0 Å². The average molecular weight is 456 g/mol. The van der Waals surface area contributed by atoms with Crippen LogP contribution in [0, 0.1) is 5.82 Å². The smallest absolute Gasteiger partial charge is 0.194 e. The summed E-state index contributed by atoms with van der Waals surface area (Å²) in [5.74, 6) is 0.249. The van der Waals surface area contributed by atoms with Crippen molar-refractivity contribution >= 4 is 39.8 Å². The molecule has 0 saturated carbocycles. The van der Waals surface area contributed by atoms with Gasteiger partial charge in [0.1, 0.15) is 5.82 Å². The first-order chi connectivity index (χ1) is 10.3. The van der Waals surface area contributed by atoms with Crippen molar-refractivity contribution in [3.63, 3.8) is 0 Å². The van der Waals surface area contributed by atoms with E-state index in [9.17, 15) is 12.8 Å². The molecule has 0 radical (unpaired) electrons. The number of aromatic nitrogens is 1. The maximum atomic E-state index is 13.6. The third-order valence-corrected chi connectivity index (χ3v) is 6.34. The van der Waals surface area contributed by atoms with Crippen LogP contribution in [0.25, 0.3) is 0 Å². The van der Waals surface area contributed by atoms with E-state index >= 15 is 0 Å². The fourth-order valence-electron chi connectivity index (χ4n) is 2.37. The molecule has 1 aromatic rings. The summed E-state index contributed by atoms with van der Waals surface area (Å²) in [6, 6.07) is 2.88. The lowest BCUT2D eigenvalue weighted by Gasteiger charge is -2.39. The predicted octanol–water partition coefficient (Wildman–Crippen LogP) is 1.42. The molecule has 9 heteroatoms. The number of halogens is 2. The van der Waals surface area contributed by atoms with Crippen LogP contribution in [-0.2, 0) is 16.4 Å². The minimum atomic E-state index is -3.11. The van der Waals surface area contributed by atoms with E-state index in [0.717, 1.165) is 0 Å². The van der Waals surface area contributed by atoms with Gasteiger partial charge < -0.3 is 10.2 Å². The maximum Gasteiger partial charge on any atom is 0.194 e. The molecule has 130 valence electrons. The van der Waals surface area contributed by atoms with Crippen molar-refractivity contribution in [2.45, 2.75) is 25.1 Å². The number of rotatable bonds is 2. The van der Waals surface area contributed by atoms with E-state index in [1.165, 1.54) is 18.3 Å². The molecule has 1 fully saturated rings.